The van der Waals surface area contributed by atoms with Gasteiger partial charge in [-0.1, -0.05) is 37.1 Å². The van der Waals surface area contributed by atoms with E-state index < -0.39 is 17.4 Å². The van der Waals surface area contributed by atoms with Crippen molar-refractivity contribution in [1.29, 1.82) is 0 Å². The Kier molecular flexibility index (Phi) is 3.27. The lowest BCUT2D eigenvalue weighted by Crippen LogP contribution is -2.62. The van der Waals surface area contributed by atoms with Crippen LogP contribution in [0.5, 0.6) is 0 Å². The molecular formula is C16H18N2O3. The minimum Gasteiger partial charge on any atom is -0.277 e. The number of rotatable bonds is 2. The molecule has 1 heterocycles. The molecule has 21 heavy (non-hydrogen) atoms. The Morgan fingerprint density at radius 3 is 2.48 bits per heavy atom. The highest BCUT2D eigenvalue weighted by Gasteiger charge is 2.54. The monoisotopic (exact) mass is 286 g/mol. The fourth-order valence-electron chi connectivity index (χ4n) is 3.25. The SMILES string of the molecule is Cc1ccccc1CN1C(=O)NC(=O)C2(CCCC2)C1=O. The van der Waals surface area contributed by atoms with E-state index in [2.05, 4.69) is 5.32 Å². The first-order chi connectivity index (χ1) is 10.0. The van der Waals surface area contributed by atoms with Gasteiger partial charge >= 0.3 is 6.03 Å². The van der Waals surface area contributed by atoms with Crippen LogP contribution in [0.4, 0.5) is 4.79 Å². The summed E-state index contributed by atoms with van der Waals surface area (Å²) in [6.45, 7) is 2.16. The van der Waals surface area contributed by atoms with Gasteiger partial charge in [-0.15, -0.1) is 0 Å². The molecule has 2 fully saturated rings. The van der Waals surface area contributed by atoms with E-state index in [0.29, 0.717) is 12.8 Å². The van der Waals surface area contributed by atoms with Crippen LogP contribution in [-0.2, 0) is 16.1 Å². The molecule has 1 aliphatic carbocycles. The van der Waals surface area contributed by atoms with Crippen LogP contribution in [0.1, 0.15) is 36.8 Å². The van der Waals surface area contributed by atoms with Crippen molar-refractivity contribution in [2.45, 2.75) is 39.2 Å². The van der Waals surface area contributed by atoms with Gasteiger partial charge in [-0.3, -0.25) is 19.8 Å². The Labute approximate surface area is 123 Å². The topological polar surface area (TPSA) is 66.5 Å². The molecule has 1 aromatic rings. The molecule has 1 aliphatic heterocycles. The second-order valence-electron chi connectivity index (χ2n) is 5.87. The number of amides is 4. The maximum Gasteiger partial charge on any atom is 0.331 e. The highest BCUT2D eigenvalue weighted by molar-refractivity contribution is 6.19. The molecule has 5 heteroatoms. The van der Waals surface area contributed by atoms with Crippen molar-refractivity contribution >= 4 is 17.8 Å². The van der Waals surface area contributed by atoms with Gasteiger partial charge in [-0.05, 0) is 30.9 Å². The van der Waals surface area contributed by atoms with Crippen LogP contribution in [0.15, 0.2) is 24.3 Å². The minimum absolute atomic E-state index is 0.215. The Balaban J connectivity index is 1.91. The number of carbonyl (C=O) groups is 3. The molecule has 4 amide bonds. The lowest BCUT2D eigenvalue weighted by molar-refractivity contribution is -0.151. The third-order valence-electron chi connectivity index (χ3n) is 4.60. The summed E-state index contributed by atoms with van der Waals surface area (Å²) in [6.07, 6.45) is 2.78. The van der Waals surface area contributed by atoms with E-state index in [4.69, 9.17) is 0 Å². The summed E-state index contributed by atoms with van der Waals surface area (Å²) < 4.78 is 0. The van der Waals surface area contributed by atoms with Crippen molar-refractivity contribution in [2.75, 3.05) is 0 Å². The second-order valence-corrected chi connectivity index (χ2v) is 5.87. The number of aryl methyl sites for hydroxylation is 1. The third kappa shape index (κ3) is 2.13. The van der Waals surface area contributed by atoms with E-state index in [1.165, 1.54) is 4.90 Å². The van der Waals surface area contributed by atoms with Crippen LogP contribution in [0.2, 0.25) is 0 Å². The zero-order chi connectivity index (χ0) is 15.0. The molecule has 2 aliphatic rings. The van der Waals surface area contributed by atoms with Crippen molar-refractivity contribution in [3.05, 3.63) is 35.4 Å². The number of urea groups is 1. The van der Waals surface area contributed by atoms with Crippen molar-refractivity contribution in [3.8, 4) is 0 Å². The van der Waals surface area contributed by atoms with Crippen molar-refractivity contribution in [3.63, 3.8) is 0 Å². The van der Waals surface area contributed by atoms with Gasteiger partial charge in [0.25, 0.3) is 0 Å². The van der Waals surface area contributed by atoms with Gasteiger partial charge in [0.1, 0.15) is 5.41 Å². The molecule has 110 valence electrons. The maximum absolute atomic E-state index is 12.7. The third-order valence-corrected chi connectivity index (χ3v) is 4.60. The molecule has 1 aromatic carbocycles. The summed E-state index contributed by atoms with van der Waals surface area (Å²) in [6, 6.07) is 7.03. The number of barbiturate groups is 1. The Morgan fingerprint density at radius 2 is 1.81 bits per heavy atom. The van der Waals surface area contributed by atoms with E-state index in [-0.39, 0.29) is 12.5 Å². The molecular weight excluding hydrogens is 268 g/mol. The summed E-state index contributed by atoms with van der Waals surface area (Å²) in [5, 5.41) is 2.36. The molecule has 1 saturated heterocycles. The Bertz CT molecular complexity index is 618. The number of nitrogens with one attached hydrogen (secondary N) is 1. The standard InChI is InChI=1S/C16H18N2O3/c1-11-6-2-3-7-12(11)10-18-14(20)16(8-4-5-9-16)13(19)17-15(18)21/h2-3,6-7H,4-5,8-10H2,1H3,(H,17,19,21). The predicted molar refractivity (Wildman–Crippen MR) is 76.2 cm³/mol. The normalized spacial score (nSPS) is 21.0. The fourth-order valence-corrected chi connectivity index (χ4v) is 3.25. The number of hydrogen-bond acceptors (Lipinski definition) is 3. The molecule has 0 atom stereocenters. The smallest absolute Gasteiger partial charge is 0.277 e. The lowest BCUT2D eigenvalue weighted by atomic mass is 9.82. The Hall–Kier alpha value is -2.17. The Morgan fingerprint density at radius 1 is 1.14 bits per heavy atom. The fraction of sp³-hybridized carbons (Fsp3) is 0.438. The van der Waals surface area contributed by atoms with Gasteiger partial charge in [0.15, 0.2) is 0 Å². The zero-order valence-corrected chi connectivity index (χ0v) is 12.0. The first kappa shape index (κ1) is 13.8. The van der Waals surface area contributed by atoms with Crippen LogP contribution < -0.4 is 5.32 Å². The maximum atomic E-state index is 12.7. The van der Waals surface area contributed by atoms with Gasteiger partial charge in [0.2, 0.25) is 11.8 Å². The van der Waals surface area contributed by atoms with Gasteiger partial charge in [-0.2, -0.15) is 0 Å². The molecule has 5 nitrogen and oxygen atoms in total. The predicted octanol–water partition coefficient (Wildman–Crippen LogP) is 2.13. The van der Waals surface area contributed by atoms with Crippen molar-refractivity contribution in [1.82, 2.24) is 10.2 Å². The van der Waals surface area contributed by atoms with E-state index in [9.17, 15) is 14.4 Å². The first-order valence-corrected chi connectivity index (χ1v) is 7.26. The number of nitrogens with zero attached hydrogens (tertiary/aromatic N) is 1. The van der Waals surface area contributed by atoms with Gasteiger partial charge < -0.3 is 0 Å². The summed E-state index contributed by atoms with van der Waals surface area (Å²) in [5.41, 5.74) is 0.926. The van der Waals surface area contributed by atoms with Gasteiger partial charge in [0, 0.05) is 0 Å². The molecule has 0 radical (unpaired) electrons. The highest BCUT2D eigenvalue weighted by atomic mass is 16.2. The minimum atomic E-state index is -1.02. The molecule has 3 rings (SSSR count). The largest absolute Gasteiger partial charge is 0.331 e. The number of imide groups is 2. The number of hydrogen-bond donors (Lipinski definition) is 1. The molecule has 1 spiro atoms. The van der Waals surface area contributed by atoms with Gasteiger partial charge in [-0.25, -0.2) is 4.79 Å². The average Bonchev–Trinajstić information content (AvgIpc) is 2.95. The van der Waals surface area contributed by atoms with Crippen LogP contribution >= 0.6 is 0 Å². The molecule has 0 aromatic heterocycles. The zero-order valence-electron chi connectivity index (χ0n) is 12.0. The number of benzene rings is 1. The van der Waals surface area contributed by atoms with Crippen LogP contribution in [0.25, 0.3) is 0 Å². The lowest BCUT2D eigenvalue weighted by Gasteiger charge is -2.37. The van der Waals surface area contributed by atoms with E-state index in [0.717, 1.165) is 24.0 Å². The van der Waals surface area contributed by atoms with E-state index >= 15 is 0 Å². The van der Waals surface area contributed by atoms with Crippen molar-refractivity contribution < 1.29 is 14.4 Å². The van der Waals surface area contributed by atoms with Crippen LogP contribution in [0.3, 0.4) is 0 Å². The molecule has 1 saturated carbocycles. The van der Waals surface area contributed by atoms with Gasteiger partial charge in [0.05, 0.1) is 6.54 Å². The van der Waals surface area contributed by atoms with Crippen LogP contribution in [0, 0.1) is 12.3 Å². The summed E-state index contributed by atoms with van der Waals surface area (Å²) in [4.78, 5) is 38.1. The quantitative estimate of drug-likeness (QED) is 0.847. The molecule has 1 N–H and O–H groups in total. The summed E-state index contributed by atoms with van der Waals surface area (Å²) in [7, 11) is 0. The average molecular weight is 286 g/mol. The second kappa shape index (κ2) is 4.98. The molecule has 0 bridgehead atoms. The van der Waals surface area contributed by atoms with Crippen molar-refractivity contribution in [2.24, 2.45) is 5.41 Å². The van der Waals surface area contributed by atoms with E-state index in [1.807, 2.05) is 31.2 Å². The number of carbonyl (C=O) groups excluding carboxylic acids is 3. The van der Waals surface area contributed by atoms with Crippen LogP contribution in [-0.4, -0.2) is 22.7 Å². The summed E-state index contributed by atoms with van der Waals surface area (Å²) in [5.74, 6) is -0.756. The van der Waals surface area contributed by atoms with E-state index in [1.54, 1.807) is 0 Å². The molecule has 0 unspecified atom stereocenters. The highest BCUT2D eigenvalue weighted by Crippen LogP contribution is 2.42. The first-order valence-electron chi connectivity index (χ1n) is 7.26. The summed E-state index contributed by atoms with van der Waals surface area (Å²) >= 11 is 0.